The summed E-state index contributed by atoms with van der Waals surface area (Å²) >= 11 is 7.46. The molecule has 90 valence electrons. The third kappa shape index (κ3) is 4.64. The first-order chi connectivity index (χ1) is 7.05. The molecule has 0 saturated heterocycles. The van der Waals surface area contributed by atoms with Crippen LogP contribution < -0.4 is 5.32 Å². The first-order valence-electron chi connectivity index (χ1n) is 5.44. The van der Waals surface area contributed by atoms with Gasteiger partial charge in [-0.15, -0.1) is 11.6 Å². The lowest BCUT2D eigenvalue weighted by Crippen LogP contribution is -2.41. The number of thioether (sulfide) groups is 1. The molecule has 0 radical (unpaired) electrons. The zero-order chi connectivity index (χ0) is 11.9. The third-order valence-corrected chi connectivity index (χ3v) is 5.04. The molecule has 0 aromatic heterocycles. The maximum atomic E-state index is 11.6. The largest absolute Gasteiger partial charge is 0.354 e. The Labute approximate surface area is 103 Å². The van der Waals surface area contributed by atoms with Crippen molar-refractivity contribution < 1.29 is 4.79 Å². The molecule has 15 heavy (non-hydrogen) atoms. The van der Waals surface area contributed by atoms with Gasteiger partial charge in [-0.25, -0.2) is 0 Å². The van der Waals surface area contributed by atoms with E-state index < -0.39 is 0 Å². The summed E-state index contributed by atoms with van der Waals surface area (Å²) in [5.41, 5.74) is 0. The molecule has 1 amide bonds. The molecule has 1 atom stereocenters. The predicted octanol–water partition coefficient (Wildman–Crippen LogP) is 2.90. The third-order valence-electron chi connectivity index (χ3n) is 2.99. The van der Waals surface area contributed by atoms with Crippen LogP contribution in [-0.2, 0) is 4.79 Å². The van der Waals surface area contributed by atoms with Gasteiger partial charge in [-0.05, 0) is 19.1 Å². The van der Waals surface area contributed by atoms with Gasteiger partial charge in [-0.2, -0.15) is 11.8 Å². The second-order valence-corrected chi connectivity index (χ2v) is 5.45. The maximum Gasteiger partial charge on any atom is 0.224 e. The molecule has 0 fully saturated rings. The van der Waals surface area contributed by atoms with Crippen LogP contribution in [0.3, 0.4) is 0 Å². The minimum absolute atomic E-state index is 0.0605. The highest BCUT2D eigenvalue weighted by molar-refractivity contribution is 8.00. The minimum atomic E-state index is -0.0973. The van der Waals surface area contributed by atoms with Crippen LogP contribution in [0.4, 0.5) is 0 Å². The maximum absolute atomic E-state index is 11.6. The van der Waals surface area contributed by atoms with E-state index in [0.717, 1.165) is 19.4 Å². The zero-order valence-corrected chi connectivity index (χ0v) is 11.7. The van der Waals surface area contributed by atoms with Gasteiger partial charge in [0.2, 0.25) is 5.91 Å². The number of halogens is 1. The molecule has 0 aliphatic rings. The van der Waals surface area contributed by atoms with Crippen LogP contribution in [0.5, 0.6) is 0 Å². The van der Waals surface area contributed by atoms with E-state index in [-0.39, 0.29) is 16.6 Å². The quantitative estimate of drug-likeness (QED) is 0.705. The Hall–Kier alpha value is 0.110. The van der Waals surface area contributed by atoms with Gasteiger partial charge >= 0.3 is 0 Å². The van der Waals surface area contributed by atoms with Gasteiger partial charge in [0, 0.05) is 23.1 Å². The van der Waals surface area contributed by atoms with E-state index in [0.29, 0.717) is 5.88 Å². The second kappa shape index (κ2) is 7.39. The van der Waals surface area contributed by atoms with E-state index in [4.69, 9.17) is 11.6 Å². The molecule has 0 rings (SSSR count). The molecule has 0 bridgehead atoms. The molecule has 0 spiro atoms. The SMILES string of the molecule is CCC(CC)(CNC(=O)C(C)CCl)SC. The van der Waals surface area contributed by atoms with Crippen LogP contribution in [0.15, 0.2) is 0 Å². The van der Waals surface area contributed by atoms with Crippen LogP contribution in [-0.4, -0.2) is 29.3 Å². The number of carbonyl (C=O) groups is 1. The van der Waals surface area contributed by atoms with Crippen molar-refractivity contribution in [2.45, 2.75) is 38.4 Å². The summed E-state index contributed by atoms with van der Waals surface area (Å²) in [4.78, 5) is 11.6. The van der Waals surface area contributed by atoms with E-state index >= 15 is 0 Å². The number of hydrogen-bond acceptors (Lipinski definition) is 2. The summed E-state index contributed by atoms with van der Waals surface area (Å²) in [5.74, 6) is 0.348. The Morgan fingerprint density at radius 1 is 1.47 bits per heavy atom. The number of amides is 1. The van der Waals surface area contributed by atoms with Crippen molar-refractivity contribution >= 4 is 29.3 Å². The zero-order valence-electron chi connectivity index (χ0n) is 10.1. The molecule has 0 saturated carbocycles. The number of carbonyl (C=O) groups excluding carboxylic acids is 1. The van der Waals surface area contributed by atoms with Crippen LogP contribution in [0.25, 0.3) is 0 Å². The van der Waals surface area contributed by atoms with Gasteiger partial charge in [0.1, 0.15) is 0 Å². The van der Waals surface area contributed by atoms with Crippen molar-refractivity contribution in [3.63, 3.8) is 0 Å². The van der Waals surface area contributed by atoms with Crippen molar-refractivity contribution in [3.05, 3.63) is 0 Å². The molecule has 0 aliphatic heterocycles. The Balaban J connectivity index is 4.16. The average Bonchev–Trinajstić information content (AvgIpc) is 2.30. The van der Waals surface area contributed by atoms with Crippen molar-refractivity contribution in [1.29, 1.82) is 0 Å². The van der Waals surface area contributed by atoms with E-state index in [2.05, 4.69) is 25.4 Å². The van der Waals surface area contributed by atoms with Gasteiger partial charge in [0.15, 0.2) is 0 Å². The van der Waals surface area contributed by atoms with Gasteiger partial charge < -0.3 is 5.32 Å². The molecule has 0 heterocycles. The fourth-order valence-electron chi connectivity index (χ4n) is 1.35. The molecule has 0 aromatic rings. The Bertz CT molecular complexity index is 187. The highest BCUT2D eigenvalue weighted by Crippen LogP contribution is 2.29. The lowest BCUT2D eigenvalue weighted by atomic mass is 10.0. The molecular weight excluding hydrogens is 230 g/mol. The lowest BCUT2D eigenvalue weighted by Gasteiger charge is -2.30. The summed E-state index contributed by atoms with van der Waals surface area (Å²) in [7, 11) is 0. The number of alkyl halides is 1. The van der Waals surface area contributed by atoms with E-state index in [1.165, 1.54) is 0 Å². The summed E-state index contributed by atoms with van der Waals surface area (Å²) in [6, 6.07) is 0. The monoisotopic (exact) mass is 251 g/mol. The minimum Gasteiger partial charge on any atom is -0.354 e. The fourth-order valence-corrected chi connectivity index (χ4v) is 2.29. The molecule has 0 aromatic carbocycles. The Morgan fingerprint density at radius 2 is 2.00 bits per heavy atom. The first-order valence-corrected chi connectivity index (χ1v) is 7.20. The second-order valence-electron chi connectivity index (χ2n) is 3.87. The highest BCUT2D eigenvalue weighted by atomic mass is 35.5. The Morgan fingerprint density at radius 3 is 2.33 bits per heavy atom. The van der Waals surface area contributed by atoms with Gasteiger partial charge in [0.05, 0.1) is 0 Å². The number of hydrogen-bond donors (Lipinski definition) is 1. The molecular formula is C11H22ClNOS. The number of rotatable bonds is 7. The highest BCUT2D eigenvalue weighted by Gasteiger charge is 2.26. The van der Waals surface area contributed by atoms with E-state index in [1.54, 1.807) is 0 Å². The van der Waals surface area contributed by atoms with Crippen molar-refractivity contribution in [2.24, 2.45) is 5.92 Å². The first kappa shape index (κ1) is 15.1. The Kier molecular flexibility index (Phi) is 7.45. The average molecular weight is 252 g/mol. The van der Waals surface area contributed by atoms with Crippen LogP contribution in [0.1, 0.15) is 33.6 Å². The normalized spacial score (nSPS) is 13.7. The molecule has 0 aliphatic carbocycles. The standard InChI is InChI=1S/C11H22ClNOS/c1-5-11(6-2,15-4)8-13-10(14)9(3)7-12/h9H,5-8H2,1-4H3,(H,13,14). The van der Waals surface area contributed by atoms with Crippen molar-refractivity contribution in [3.8, 4) is 0 Å². The van der Waals surface area contributed by atoms with E-state index in [9.17, 15) is 4.79 Å². The van der Waals surface area contributed by atoms with Gasteiger partial charge in [0.25, 0.3) is 0 Å². The molecule has 2 nitrogen and oxygen atoms in total. The summed E-state index contributed by atoms with van der Waals surface area (Å²) in [5, 5.41) is 2.98. The number of nitrogens with one attached hydrogen (secondary N) is 1. The van der Waals surface area contributed by atoms with E-state index in [1.807, 2.05) is 18.7 Å². The molecule has 4 heteroatoms. The van der Waals surface area contributed by atoms with Crippen LogP contribution in [0, 0.1) is 5.92 Å². The van der Waals surface area contributed by atoms with Gasteiger partial charge in [-0.1, -0.05) is 20.8 Å². The summed E-state index contributed by atoms with van der Waals surface area (Å²) in [6.45, 7) is 6.91. The van der Waals surface area contributed by atoms with Gasteiger partial charge in [-0.3, -0.25) is 4.79 Å². The lowest BCUT2D eigenvalue weighted by molar-refractivity contribution is -0.123. The summed E-state index contributed by atoms with van der Waals surface area (Å²) in [6.07, 6.45) is 4.24. The molecule has 1 N–H and O–H groups in total. The van der Waals surface area contributed by atoms with Crippen LogP contribution in [0.2, 0.25) is 0 Å². The van der Waals surface area contributed by atoms with Crippen molar-refractivity contribution in [1.82, 2.24) is 5.32 Å². The fraction of sp³-hybridized carbons (Fsp3) is 0.909. The van der Waals surface area contributed by atoms with Crippen molar-refractivity contribution in [2.75, 3.05) is 18.7 Å². The molecule has 1 unspecified atom stereocenters. The predicted molar refractivity (Wildman–Crippen MR) is 69.7 cm³/mol. The summed E-state index contributed by atoms with van der Waals surface area (Å²) < 4.78 is 0.182. The topological polar surface area (TPSA) is 29.1 Å². The smallest absolute Gasteiger partial charge is 0.224 e. The van der Waals surface area contributed by atoms with Crippen LogP contribution >= 0.6 is 23.4 Å².